The van der Waals surface area contributed by atoms with Gasteiger partial charge in [0, 0.05) is 75.3 Å². The maximum absolute atomic E-state index is 14.0. The zero-order valence-corrected chi connectivity index (χ0v) is 24.1. The van der Waals surface area contributed by atoms with Gasteiger partial charge >= 0.3 is 6.03 Å². The van der Waals surface area contributed by atoms with E-state index < -0.39 is 6.03 Å². The summed E-state index contributed by atoms with van der Waals surface area (Å²) in [7, 11) is 1.85. The van der Waals surface area contributed by atoms with Gasteiger partial charge < -0.3 is 15.4 Å². The third-order valence-corrected chi connectivity index (χ3v) is 8.77. The molecule has 0 atom stereocenters. The second-order valence-corrected chi connectivity index (χ2v) is 11.4. The summed E-state index contributed by atoms with van der Waals surface area (Å²) in [5.74, 6) is -0.161. The molecule has 1 aromatic heterocycles. The molecule has 2 saturated heterocycles. The summed E-state index contributed by atoms with van der Waals surface area (Å²) in [5.41, 5.74) is 11.4. The predicted octanol–water partition coefficient (Wildman–Crippen LogP) is 4.12. The molecule has 6 rings (SSSR count). The van der Waals surface area contributed by atoms with Gasteiger partial charge in [0.05, 0.1) is 22.5 Å². The number of hydrogen-bond donors (Lipinski definition) is 2. The van der Waals surface area contributed by atoms with E-state index in [2.05, 4.69) is 46.0 Å². The van der Waals surface area contributed by atoms with Crippen LogP contribution in [0.2, 0.25) is 0 Å². The summed E-state index contributed by atoms with van der Waals surface area (Å²) in [6.07, 6.45) is 2.69. The van der Waals surface area contributed by atoms with Gasteiger partial charge in [-0.2, -0.15) is 5.10 Å². The molecule has 1 aliphatic carbocycles. The van der Waals surface area contributed by atoms with E-state index in [1.165, 1.54) is 10.7 Å². The molecule has 2 aromatic carbocycles. The highest BCUT2D eigenvalue weighted by Crippen LogP contribution is 2.44. The number of ether oxygens (including phenoxy) is 1. The molecule has 0 saturated carbocycles. The van der Waals surface area contributed by atoms with Crippen molar-refractivity contribution in [1.82, 2.24) is 20.1 Å². The maximum atomic E-state index is 14.0. The second kappa shape index (κ2) is 11.3. The van der Waals surface area contributed by atoms with Crippen molar-refractivity contribution in [2.75, 3.05) is 56.3 Å². The number of hydrazine groups is 1. The van der Waals surface area contributed by atoms with Crippen molar-refractivity contribution in [3.05, 3.63) is 53.6 Å². The minimum atomic E-state index is -0.630. The number of aromatic nitrogens is 2. The number of nitrogens with one attached hydrogen (secondary N) is 1. The molecule has 41 heavy (non-hydrogen) atoms. The molecule has 0 bridgehead atoms. The zero-order chi connectivity index (χ0) is 28.7. The lowest BCUT2D eigenvalue weighted by molar-refractivity contribution is 0.0419. The molecule has 3 heterocycles. The maximum Gasteiger partial charge on any atom is 0.334 e. The third-order valence-electron chi connectivity index (χ3n) is 8.77. The van der Waals surface area contributed by atoms with Crippen LogP contribution in [0.1, 0.15) is 49.0 Å². The molecule has 216 valence electrons. The van der Waals surface area contributed by atoms with Crippen LogP contribution in [0, 0.1) is 0 Å². The highest BCUT2D eigenvalue weighted by Gasteiger charge is 2.38. The molecule has 2 fully saturated rings. The van der Waals surface area contributed by atoms with Crippen molar-refractivity contribution < 1.29 is 14.3 Å². The van der Waals surface area contributed by atoms with Gasteiger partial charge in [-0.25, -0.2) is 14.8 Å². The number of fused-ring (bicyclic) bond motifs is 3. The Bertz CT molecular complexity index is 1430. The smallest absolute Gasteiger partial charge is 0.334 e. The van der Waals surface area contributed by atoms with Crippen LogP contribution in [-0.2, 0) is 4.74 Å². The van der Waals surface area contributed by atoms with Crippen molar-refractivity contribution in [1.29, 1.82) is 0 Å². The van der Waals surface area contributed by atoms with Gasteiger partial charge in [-0.3, -0.25) is 14.8 Å². The number of urea groups is 1. The van der Waals surface area contributed by atoms with Gasteiger partial charge in [0.1, 0.15) is 5.69 Å². The highest BCUT2D eigenvalue weighted by molar-refractivity contribution is 6.27. The molecule has 10 nitrogen and oxygen atoms in total. The number of hydrogen-bond acceptors (Lipinski definition) is 7. The van der Waals surface area contributed by atoms with Crippen LogP contribution in [0.15, 0.2) is 42.5 Å². The summed E-state index contributed by atoms with van der Waals surface area (Å²) in [5, 5.41) is 11.0. The molecule has 0 radical (unpaired) electrons. The molecule has 2 amide bonds. The Balaban J connectivity index is 1.28. The average Bonchev–Trinajstić information content (AvgIpc) is 3.42. The summed E-state index contributed by atoms with van der Waals surface area (Å²) in [6, 6.07) is 13.9. The number of primary amides is 1. The van der Waals surface area contributed by atoms with E-state index >= 15 is 0 Å². The number of anilines is 2. The number of rotatable bonds is 6. The summed E-state index contributed by atoms with van der Waals surface area (Å²) in [6.45, 7) is 9.94. The highest BCUT2D eigenvalue weighted by atomic mass is 16.5. The Labute approximate surface area is 241 Å². The van der Waals surface area contributed by atoms with E-state index in [-0.39, 0.29) is 11.8 Å². The van der Waals surface area contributed by atoms with Crippen LogP contribution >= 0.6 is 0 Å². The van der Waals surface area contributed by atoms with Crippen LogP contribution in [0.4, 0.5) is 16.2 Å². The number of carbonyl (C=O) groups is 2. The predicted molar refractivity (Wildman–Crippen MR) is 160 cm³/mol. The van der Waals surface area contributed by atoms with Crippen molar-refractivity contribution in [3.63, 3.8) is 0 Å². The molecule has 3 N–H and O–H groups in total. The van der Waals surface area contributed by atoms with Crippen LogP contribution in [0.3, 0.4) is 0 Å². The van der Waals surface area contributed by atoms with Gasteiger partial charge in [-0.1, -0.05) is 24.3 Å². The molecule has 2 aliphatic heterocycles. The number of carbonyl (C=O) groups excluding carboxylic acids is 2. The quantitative estimate of drug-likeness (QED) is 0.343. The van der Waals surface area contributed by atoms with E-state index in [4.69, 9.17) is 10.5 Å². The van der Waals surface area contributed by atoms with Gasteiger partial charge in [0.2, 0.25) is 0 Å². The van der Waals surface area contributed by atoms with E-state index in [9.17, 15) is 9.59 Å². The largest absolute Gasteiger partial charge is 0.381 e. The van der Waals surface area contributed by atoms with Gasteiger partial charge in [-0.15, -0.1) is 0 Å². The van der Waals surface area contributed by atoms with Crippen molar-refractivity contribution >= 4 is 23.2 Å². The number of benzene rings is 2. The number of nitrogens with zero attached hydrogens (tertiary/aromatic N) is 5. The lowest BCUT2D eigenvalue weighted by Gasteiger charge is -2.38. The lowest BCUT2D eigenvalue weighted by atomic mass is 10.0. The van der Waals surface area contributed by atoms with Crippen molar-refractivity contribution in [3.8, 4) is 22.5 Å². The van der Waals surface area contributed by atoms with Gasteiger partial charge in [-0.05, 0) is 51.3 Å². The Morgan fingerprint density at radius 1 is 1.05 bits per heavy atom. The standard InChI is InChI=1S/C31H39N7O3/c1-20(2)36-14-5-15-37(17-16-36)23-10-8-21(9-11-23)28-27-29(34-33-28)24-6-4-7-25(26(24)30(27)39)38(31(32)40)35(3)22-12-18-41-19-13-22/h4,6-11,20,22H,5,12-19H2,1-3H3,(H2,32,40)(H,33,34). The summed E-state index contributed by atoms with van der Waals surface area (Å²) >= 11 is 0. The number of nitrogens with two attached hydrogens (primary N) is 1. The molecular weight excluding hydrogens is 518 g/mol. The molecular formula is C31H39N7O3. The van der Waals surface area contributed by atoms with E-state index in [1.807, 2.05) is 36.3 Å². The van der Waals surface area contributed by atoms with E-state index in [0.717, 1.165) is 56.6 Å². The van der Waals surface area contributed by atoms with Crippen molar-refractivity contribution in [2.24, 2.45) is 5.73 Å². The number of aromatic amines is 1. The Kier molecular flexibility index (Phi) is 7.54. The number of amides is 2. The number of H-pyrrole nitrogens is 1. The zero-order valence-electron chi connectivity index (χ0n) is 24.1. The Morgan fingerprint density at radius 3 is 2.51 bits per heavy atom. The van der Waals surface area contributed by atoms with E-state index in [0.29, 0.717) is 47.5 Å². The molecule has 0 spiro atoms. The molecule has 3 aliphatic rings. The fraction of sp³-hybridized carbons (Fsp3) is 0.452. The fourth-order valence-corrected chi connectivity index (χ4v) is 6.46. The molecule has 10 heteroatoms. The first-order chi connectivity index (χ1) is 19.8. The monoisotopic (exact) mass is 557 g/mol. The van der Waals surface area contributed by atoms with Crippen LogP contribution < -0.4 is 15.6 Å². The SMILES string of the molecule is CC(C)N1CCCN(c2ccc(-c3n[nH]c4c3C(=O)c3c-4cccc3N(C(N)=O)N(C)C3CCOCC3)cc2)CC1. The van der Waals surface area contributed by atoms with Crippen molar-refractivity contribution in [2.45, 2.75) is 45.2 Å². The first-order valence-corrected chi connectivity index (χ1v) is 14.6. The lowest BCUT2D eigenvalue weighted by Crippen LogP contribution is -2.53. The molecule has 0 unspecified atom stereocenters. The third kappa shape index (κ3) is 5.00. The average molecular weight is 558 g/mol. The topological polar surface area (TPSA) is 111 Å². The first kappa shape index (κ1) is 27.4. The van der Waals surface area contributed by atoms with Crippen LogP contribution in [0.5, 0.6) is 0 Å². The minimum absolute atomic E-state index is 0.0785. The van der Waals surface area contributed by atoms with Crippen LogP contribution in [-0.4, -0.2) is 90.4 Å². The van der Waals surface area contributed by atoms with Crippen LogP contribution in [0.25, 0.3) is 22.5 Å². The normalized spacial score (nSPS) is 18.1. The van der Waals surface area contributed by atoms with E-state index in [1.54, 1.807) is 6.07 Å². The summed E-state index contributed by atoms with van der Waals surface area (Å²) in [4.78, 5) is 31.8. The minimum Gasteiger partial charge on any atom is -0.381 e. The number of ketones is 1. The Hall–Kier alpha value is -3.73. The van der Waals surface area contributed by atoms with Gasteiger partial charge in [0.25, 0.3) is 0 Å². The molecule has 3 aromatic rings. The summed E-state index contributed by atoms with van der Waals surface area (Å²) < 4.78 is 5.50. The Morgan fingerprint density at radius 2 is 1.80 bits per heavy atom. The fourth-order valence-electron chi connectivity index (χ4n) is 6.46. The second-order valence-electron chi connectivity index (χ2n) is 11.4. The van der Waals surface area contributed by atoms with Gasteiger partial charge in [0.15, 0.2) is 5.78 Å². The first-order valence-electron chi connectivity index (χ1n) is 14.6.